The van der Waals surface area contributed by atoms with Gasteiger partial charge < -0.3 is 4.98 Å². The Kier molecular flexibility index (Phi) is 2.15. The van der Waals surface area contributed by atoms with Gasteiger partial charge in [0.05, 0.1) is 11.2 Å². The van der Waals surface area contributed by atoms with E-state index in [0.717, 1.165) is 0 Å². The van der Waals surface area contributed by atoms with E-state index < -0.39 is 5.69 Å². The molecule has 0 atom stereocenters. The first-order valence-electron chi connectivity index (χ1n) is 5.11. The van der Waals surface area contributed by atoms with Crippen LogP contribution in [0, 0.1) is 0 Å². The predicted molar refractivity (Wildman–Crippen MR) is 63.4 cm³/mol. The molecule has 0 spiro atoms. The molecule has 0 saturated heterocycles. The highest BCUT2D eigenvalue weighted by atomic mass is 16.1. The minimum absolute atomic E-state index is 0.397. The van der Waals surface area contributed by atoms with Crippen LogP contribution < -0.4 is 5.69 Å². The fourth-order valence-electron chi connectivity index (χ4n) is 1.67. The van der Waals surface area contributed by atoms with Gasteiger partial charge in [-0.25, -0.2) is 4.79 Å². The van der Waals surface area contributed by atoms with Crippen LogP contribution in [0.25, 0.3) is 22.4 Å². The molecule has 0 aliphatic rings. The van der Waals surface area contributed by atoms with Crippen molar-refractivity contribution in [3.63, 3.8) is 0 Å². The SMILES string of the molecule is O=c1nc(-c2ccccn2)c2ncccc2[nH]1. The van der Waals surface area contributed by atoms with Crippen molar-refractivity contribution in [1.29, 1.82) is 0 Å². The molecule has 0 fully saturated rings. The summed E-state index contributed by atoms with van der Waals surface area (Å²) in [6.45, 7) is 0. The highest BCUT2D eigenvalue weighted by Gasteiger charge is 2.08. The fourth-order valence-corrected chi connectivity index (χ4v) is 1.67. The van der Waals surface area contributed by atoms with Gasteiger partial charge in [0, 0.05) is 12.4 Å². The largest absolute Gasteiger partial charge is 0.346 e. The van der Waals surface area contributed by atoms with E-state index in [1.165, 1.54) is 0 Å². The molecule has 0 aliphatic heterocycles. The van der Waals surface area contributed by atoms with E-state index in [4.69, 9.17) is 0 Å². The van der Waals surface area contributed by atoms with Gasteiger partial charge in [0.15, 0.2) is 0 Å². The highest BCUT2D eigenvalue weighted by molar-refractivity contribution is 5.87. The number of fused-ring (bicyclic) bond motifs is 1. The van der Waals surface area contributed by atoms with Crippen molar-refractivity contribution in [2.45, 2.75) is 0 Å². The molecule has 3 aromatic rings. The van der Waals surface area contributed by atoms with Gasteiger partial charge in [0.1, 0.15) is 11.2 Å². The van der Waals surface area contributed by atoms with E-state index in [1.54, 1.807) is 30.6 Å². The number of aromatic amines is 1. The van der Waals surface area contributed by atoms with Gasteiger partial charge in [0.25, 0.3) is 0 Å². The quantitative estimate of drug-likeness (QED) is 0.677. The Labute approximate surface area is 96.2 Å². The first-order valence-corrected chi connectivity index (χ1v) is 5.11. The summed E-state index contributed by atoms with van der Waals surface area (Å²) in [4.78, 5) is 26.4. The lowest BCUT2D eigenvalue weighted by Gasteiger charge is -2.02. The smallest absolute Gasteiger partial charge is 0.304 e. The minimum atomic E-state index is -0.397. The van der Waals surface area contributed by atoms with Gasteiger partial charge in [-0.1, -0.05) is 6.07 Å². The average Bonchev–Trinajstić information content (AvgIpc) is 2.39. The third kappa shape index (κ3) is 1.67. The summed E-state index contributed by atoms with van der Waals surface area (Å²) in [5.41, 5.74) is 2.05. The van der Waals surface area contributed by atoms with Crippen LogP contribution in [-0.4, -0.2) is 19.9 Å². The summed E-state index contributed by atoms with van der Waals surface area (Å²) in [5, 5.41) is 0. The summed E-state index contributed by atoms with van der Waals surface area (Å²) >= 11 is 0. The Hall–Kier alpha value is -2.56. The van der Waals surface area contributed by atoms with Crippen LogP contribution in [0.15, 0.2) is 47.5 Å². The molecule has 17 heavy (non-hydrogen) atoms. The fraction of sp³-hybridized carbons (Fsp3) is 0. The second kappa shape index (κ2) is 3.79. The first-order chi connectivity index (χ1) is 8.34. The molecule has 0 bridgehead atoms. The lowest BCUT2D eigenvalue weighted by molar-refractivity contribution is 1.10. The lowest BCUT2D eigenvalue weighted by atomic mass is 10.2. The lowest BCUT2D eigenvalue weighted by Crippen LogP contribution is -2.12. The van der Waals surface area contributed by atoms with Crippen LogP contribution in [0.5, 0.6) is 0 Å². The molecule has 1 N–H and O–H groups in total. The molecule has 82 valence electrons. The van der Waals surface area contributed by atoms with Gasteiger partial charge in [-0.3, -0.25) is 9.97 Å². The summed E-state index contributed by atoms with van der Waals surface area (Å²) in [5.74, 6) is 0. The molecule has 0 saturated carbocycles. The molecule has 0 radical (unpaired) electrons. The van der Waals surface area contributed by atoms with Gasteiger partial charge in [-0.15, -0.1) is 0 Å². The number of rotatable bonds is 1. The molecule has 0 aliphatic carbocycles. The van der Waals surface area contributed by atoms with Crippen LogP contribution in [0.2, 0.25) is 0 Å². The van der Waals surface area contributed by atoms with Crippen molar-refractivity contribution in [2.24, 2.45) is 0 Å². The molecule has 3 rings (SSSR count). The third-order valence-corrected chi connectivity index (χ3v) is 2.39. The normalized spacial score (nSPS) is 10.6. The highest BCUT2D eigenvalue weighted by Crippen LogP contribution is 2.19. The van der Waals surface area contributed by atoms with Gasteiger partial charge >= 0.3 is 5.69 Å². The molecular weight excluding hydrogens is 216 g/mol. The van der Waals surface area contributed by atoms with E-state index in [2.05, 4.69) is 19.9 Å². The van der Waals surface area contributed by atoms with Crippen LogP contribution in [-0.2, 0) is 0 Å². The standard InChI is InChI=1S/C12H8N4O/c17-12-15-9-5-3-7-14-10(9)11(16-12)8-4-1-2-6-13-8/h1-7H,(H,15,16,17). The summed E-state index contributed by atoms with van der Waals surface area (Å²) in [6, 6.07) is 9.01. The minimum Gasteiger partial charge on any atom is -0.304 e. The van der Waals surface area contributed by atoms with E-state index in [0.29, 0.717) is 22.4 Å². The molecule has 5 heteroatoms. The second-order valence-electron chi connectivity index (χ2n) is 3.51. The molecular formula is C12H8N4O. The zero-order chi connectivity index (χ0) is 11.7. The van der Waals surface area contributed by atoms with Crippen molar-refractivity contribution in [2.75, 3.05) is 0 Å². The maximum atomic E-state index is 11.5. The number of aromatic nitrogens is 4. The van der Waals surface area contributed by atoms with Gasteiger partial charge in [-0.2, -0.15) is 4.98 Å². The van der Waals surface area contributed by atoms with Crippen LogP contribution in [0.1, 0.15) is 0 Å². The molecule has 3 heterocycles. The van der Waals surface area contributed by atoms with Crippen molar-refractivity contribution in [3.8, 4) is 11.4 Å². The Morgan fingerprint density at radius 1 is 1.00 bits per heavy atom. The number of hydrogen-bond donors (Lipinski definition) is 1. The maximum absolute atomic E-state index is 11.5. The van der Waals surface area contributed by atoms with Crippen molar-refractivity contribution >= 4 is 11.0 Å². The van der Waals surface area contributed by atoms with Crippen molar-refractivity contribution in [1.82, 2.24) is 19.9 Å². The van der Waals surface area contributed by atoms with E-state index in [1.807, 2.05) is 12.1 Å². The average molecular weight is 224 g/mol. The van der Waals surface area contributed by atoms with Gasteiger partial charge in [-0.05, 0) is 24.3 Å². The van der Waals surface area contributed by atoms with E-state index in [-0.39, 0.29) is 0 Å². The van der Waals surface area contributed by atoms with Crippen LogP contribution in [0.4, 0.5) is 0 Å². The zero-order valence-corrected chi connectivity index (χ0v) is 8.79. The number of nitrogens with one attached hydrogen (secondary N) is 1. The van der Waals surface area contributed by atoms with Crippen LogP contribution in [0.3, 0.4) is 0 Å². The summed E-state index contributed by atoms with van der Waals surface area (Å²) in [7, 11) is 0. The number of hydrogen-bond acceptors (Lipinski definition) is 4. The summed E-state index contributed by atoms with van der Waals surface area (Å²) in [6.07, 6.45) is 3.32. The number of nitrogens with zero attached hydrogens (tertiary/aromatic N) is 3. The monoisotopic (exact) mass is 224 g/mol. The first kappa shape index (κ1) is 9.65. The Morgan fingerprint density at radius 2 is 1.88 bits per heavy atom. The molecule has 5 nitrogen and oxygen atoms in total. The number of H-pyrrole nitrogens is 1. The second-order valence-corrected chi connectivity index (χ2v) is 3.51. The summed E-state index contributed by atoms with van der Waals surface area (Å²) < 4.78 is 0. The molecule has 0 unspecified atom stereocenters. The van der Waals surface area contributed by atoms with Gasteiger partial charge in [0.2, 0.25) is 0 Å². The van der Waals surface area contributed by atoms with Crippen molar-refractivity contribution in [3.05, 3.63) is 53.2 Å². The molecule has 0 aromatic carbocycles. The molecule has 0 amide bonds. The van der Waals surface area contributed by atoms with E-state index >= 15 is 0 Å². The maximum Gasteiger partial charge on any atom is 0.346 e. The Morgan fingerprint density at radius 3 is 2.71 bits per heavy atom. The Balaban J connectivity index is 2.40. The van der Waals surface area contributed by atoms with E-state index in [9.17, 15) is 4.79 Å². The third-order valence-electron chi connectivity index (χ3n) is 2.39. The number of pyridine rings is 2. The van der Waals surface area contributed by atoms with Crippen LogP contribution >= 0.6 is 0 Å². The zero-order valence-electron chi connectivity index (χ0n) is 8.79. The topological polar surface area (TPSA) is 71.5 Å². The molecule has 3 aromatic heterocycles. The Bertz CT molecular complexity index is 721. The van der Waals surface area contributed by atoms with Crippen molar-refractivity contribution < 1.29 is 0 Å². The predicted octanol–water partition coefficient (Wildman–Crippen LogP) is 1.38.